The second-order valence-electron chi connectivity index (χ2n) is 5.23. The van der Waals surface area contributed by atoms with Gasteiger partial charge in [0.1, 0.15) is 12.4 Å². The number of carbonyl (C=O) groups is 1. The minimum atomic E-state index is -0.265. The van der Waals surface area contributed by atoms with Crippen LogP contribution in [0.5, 0.6) is 5.75 Å². The molecule has 1 saturated heterocycles. The number of anilines is 1. The summed E-state index contributed by atoms with van der Waals surface area (Å²) in [6.45, 7) is 1.87. The molecule has 0 radical (unpaired) electrons. The Morgan fingerprint density at radius 3 is 2.96 bits per heavy atom. The molecular formula is C16H19N3O3S. The third-order valence-corrected chi connectivity index (χ3v) is 4.18. The van der Waals surface area contributed by atoms with Crippen molar-refractivity contribution in [2.75, 3.05) is 18.5 Å². The number of ether oxygens (including phenoxy) is 2. The van der Waals surface area contributed by atoms with E-state index in [2.05, 4.69) is 15.6 Å². The van der Waals surface area contributed by atoms with Crippen molar-refractivity contribution in [1.82, 2.24) is 10.3 Å². The maximum atomic E-state index is 11.7. The predicted molar refractivity (Wildman–Crippen MR) is 88.9 cm³/mol. The van der Waals surface area contributed by atoms with Gasteiger partial charge in [-0.05, 0) is 30.5 Å². The normalized spacial score (nSPS) is 17.0. The zero-order valence-electron chi connectivity index (χ0n) is 12.7. The van der Waals surface area contributed by atoms with Crippen molar-refractivity contribution in [1.29, 1.82) is 0 Å². The molecule has 2 heterocycles. The lowest BCUT2D eigenvalue weighted by molar-refractivity contribution is 0.0679. The van der Waals surface area contributed by atoms with Gasteiger partial charge in [-0.1, -0.05) is 12.1 Å². The summed E-state index contributed by atoms with van der Waals surface area (Å²) in [5, 5.41) is 7.86. The van der Waals surface area contributed by atoms with Gasteiger partial charge < -0.3 is 14.8 Å². The number of nitrogens with zero attached hydrogens (tertiary/aromatic N) is 1. The molecule has 1 aromatic carbocycles. The van der Waals surface area contributed by atoms with E-state index in [-0.39, 0.29) is 12.1 Å². The molecule has 6 nitrogen and oxygen atoms in total. The summed E-state index contributed by atoms with van der Waals surface area (Å²) in [5.41, 5.74) is 1.00. The van der Waals surface area contributed by atoms with E-state index in [1.165, 1.54) is 11.3 Å². The molecule has 0 aliphatic carbocycles. The number of hydrogen-bond donors (Lipinski definition) is 2. The van der Waals surface area contributed by atoms with Gasteiger partial charge in [0, 0.05) is 24.7 Å². The van der Waals surface area contributed by atoms with E-state index in [0.717, 1.165) is 30.8 Å². The Bertz CT molecular complexity index is 610. The maximum Gasteiger partial charge on any atom is 0.321 e. The summed E-state index contributed by atoms with van der Waals surface area (Å²) in [4.78, 5) is 15.7. The first kappa shape index (κ1) is 15.8. The molecule has 2 amide bonds. The van der Waals surface area contributed by atoms with Gasteiger partial charge in [0.15, 0.2) is 5.13 Å². The SMILES string of the molecule is O=C(NCc1ccc(OCC2CCCO2)cc1)Nc1nccs1. The maximum absolute atomic E-state index is 11.7. The van der Waals surface area contributed by atoms with Gasteiger partial charge in [-0.2, -0.15) is 0 Å². The third-order valence-electron chi connectivity index (χ3n) is 3.49. The van der Waals surface area contributed by atoms with Gasteiger partial charge in [0.25, 0.3) is 0 Å². The second kappa shape index (κ2) is 7.94. The average Bonchev–Trinajstić information content (AvgIpc) is 3.25. The monoisotopic (exact) mass is 333 g/mol. The number of nitrogens with one attached hydrogen (secondary N) is 2. The van der Waals surface area contributed by atoms with Crippen LogP contribution in [0.3, 0.4) is 0 Å². The van der Waals surface area contributed by atoms with Crippen LogP contribution in [0.1, 0.15) is 18.4 Å². The fraction of sp³-hybridized carbons (Fsp3) is 0.375. The summed E-state index contributed by atoms with van der Waals surface area (Å²) in [6.07, 6.45) is 4.04. The van der Waals surface area contributed by atoms with Gasteiger partial charge >= 0.3 is 6.03 Å². The Morgan fingerprint density at radius 2 is 2.26 bits per heavy atom. The third kappa shape index (κ3) is 4.94. The molecule has 0 spiro atoms. The molecule has 2 N–H and O–H groups in total. The van der Waals surface area contributed by atoms with Crippen molar-refractivity contribution in [3.8, 4) is 5.75 Å². The number of urea groups is 1. The summed E-state index contributed by atoms with van der Waals surface area (Å²) in [5.74, 6) is 0.816. The molecule has 122 valence electrons. The van der Waals surface area contributed by atoms with Crippen molar-refractivity contribution in [2.24, 2.45) is 0 Å². The quantitative estimate of drug-likeness (QED) is 0.852. The molecular weight excluding hydrogens is 314 g/mol. The summed E-state index contributed by atoms with van der Waals surface area (Å²) in [7, 11) is 0. The first-order valence-electron chi connectivity index (χ1n) is 7.57. The second-order valence-corrected chi connectivity index (χ2v) is 6.13. The smallest absolute Gasteiger partial charge is 0.321 e. The Labute approximate surface area is 138 Å². The Hall–Kier alpha value is -2.12. The van der Waals surface area contributed by atoms with Gasteiger partial charge in [-0.25, -0.2) is 9.78 Å². The summed E-state index contributed by atoms with van der Waals surface area (Å²) < 4.78 is 11.2. The van der Waals surface area contributed by atoms with Gasteiger partial charge in [-0.15, -0.1) is 11.3 Å². The Morgan fingerprint density at radius 1 is 1.39 bits per heavy atom. The van der Waals surface area contributed by atoms with Gasteiger partial charge in [-0.3, -0.25) is 5.32 Å². The average molecular weight is 333 g/mol. The molecule has 1 aliphatic rings. The largest absolute Gasteiger partial charge is 0.491 e. The highest BCUT2D eigenvalue weighted by molar-refractivity contribution is 7.13. The Balaban J connectivity index is 1.41. The van der Waals surface area contributed by atoms with Crippen LogP contribution in [-0.2, 0) is 11.3 Å². The van der Waals surface area contributed by atoms with Crippen LogP contribution in [0, 0.1) is 0 Å². The molecule has 0 bridgehead atoms. The van der Waals surface area contributed by atoms with Crippen LogP contribution in [0.15, 0.2) is 35.8 Å². The van der Waals surface area contributed by atoms with Gasteiger partial charge in [0.2, 0.25) is 0 Å². The lowest BCUT2D eigenvalue weighted by Crippen LogP contribution is -2.28. The molecule has 1 atom stereocenters. The molecule has 2 aromatic rings. The number of amides is 2. The van der Waals surface area contributed by atoms with Crippen LogP contribution < -0.4 is 15.4 Å². The van der Waals surface area contributed by atoms with E-state index in [1.807, 2.05) is 29.6 Å². The number of rotatable bonds is 6. The predicted octanol–water partition coefficient (Wildman–Crippen LogP) is 3.02. The minimum absolute atomic E-state index is 0.214. The number of aromatic nitrogens is 1. The van der Waals surface area contributed by atoms with Crippen molar-refractivity contribution in [3.05, 3.63) is 41.4 Å². The topological polar surface area (TPSA) is 72.5 Å². The number of carbonyl (C=O) groups excluding carboxylic acids is 1. The zero-order valence-corrected chi connectivity index (χ0v) is 13.5. The molecule has 1 unspecified atom stereocenters. The zero-order chi connectivity index (χ0) is 15.9. The molecule has 1 fully saturated rings. The summed E-state index contributed by atoms with van der Waals surface area (Å²) in [6, 6.07) is 7.43. The summed E-state index contributed by atoms with van der Waals surface area (Å²) >= 11 is 1.38. The van der Waals surface area contributed by atoms with Crippen LogP contribution >= 0.6 is 11.3 Å². The van der Waals surface area contributed by atoms with E-state index in [0.29, 0.717) is 18.3 Å². The van der Waals surface area contributed by atoms with Crippen LogP contribution in [0.25, 0.3) is 0 Å². The Kier molecular flexibility index (Phi) is 5.44. The van der Waals surface area contributed by atoms with E-state index in [9.17, 15) is 4.79 Å². The van der Waals surface area contributed by atoms with E-state index in [4.69, 9.17) is 9.47 Å². The van der Waals surface area contributed by atoms with E-state index in [1.54, 1.807) is 6.20 Å². The highest BCUT2D eigenvalue weighted by Gasteiger charge is 2.15. The first-order valence-corrected chi connectivity index (χ1v) is 8.45. The fourth-order valence-corrected chi connectivity index (χ4v) is 2.80. The molecule has 7 heteroatoms. The minimum Gasteiger partial charge on any atom is -0.491 e. The van der Waals surface area contributed by atoms with Gasteiger partial charge in [0.05, 0.1) is 6.10 Å². The van der Waals surface area contributed by atoms with Crippen LogP contribution in [-0.4, -0.2) is 30.3 Å². The van der Waals surface area contributed by atoms with Crippen LogP contribution in [0.4, 0.5) is 9.93 Å². The lowest BCUT2D eigenvalue weighted by Gasteiger charge is -2.12. The molecule has 1 aliphatic heterocycles. The van der Waals surface area contributed by atoms with Crippen molar-refractivity contribution < 1.29 is 14.3 Å². The fourth-order valence-electron chi connectivity index (χ4n) is 2.28. The highest BCUT2D eigenvalue weighted by Crippen LogP contribution is 2.16. The van der Waals surface area contributed by atoms with Crippen LogP contribution in [0.2, 0.25) is 0 Å². The lowest BCUT2D eigenvalue weighted by atomic mass is 10.2. The van der Waals surface area contributed by atoms with Crippen molar-refractivity contribution >= 4 is 22.5 Å². The number of benzene rings is 1. The first-order chi connectivity index (χ1) is 11.3. The van der Waals surface area contributed by atoms with Crippen molar-refractivity contribution in [3.63, 3.8) is 0 Å². The van der Waals surface area contributed by atoms with Crippen molar-refractivity contribution in [2.45, 2.75) is 25.5 Å². The van der Waals surface area contributed by atoms with E-state index >= 15 is 0 Å². The number of hydrogen-bond acceptors (Lipinski definition) is 5. The molecule has 1 aromatic heterocycles. The molecule has 3 rings (SSSR count). The highest BCUT2D eigenvalue weighted by atomic mass is 32.1. The number of thiazole rings is 1. The molecule has 23 heavy (non-hydrogen) atoms. The molecule has 0 saturated carbocycles. The van der Waals surface area contributed by atoms with E-state index < -0.39 is 0 Å². The standard InChI is InChI=1S/C16H19N3O3S/c20-15(19-16-17-7-9-23-16)18-10-12-3-5-13(6-4-12)22-11-14-2-1-8-21-14/h3-7,9,14H,1-2,8,10-11H2,(H2,17,18,19,20).